The van der Waals surface area contributed by atoms with Gasteiger partial charge in [0, 0.05) is 36.7 Å². The molecule has 2 nitrogen and oxygen atoms in total. The van der Waals surface area contributed by atoms with Gasteiger partial charge in [-0.2, -0.15) is 0 Å². The van der Waals surface area contributed by atoms with Crippen LogP contribution in [0.5, 0.6) is 0 Å². The number of alkyl halides is 1. The third-order valence-electron chi connectivity index (χ3n) is 3.51. The van der Waals surface area contributed by atoms with Crippen molar-refractivity contribution < 1.29 is 4.57 Å². The predicted molar refractivity (Wildman–Crippen MR) is 91.1 cm³/mol. The van der Waals surface area contributed by atoms with Gasteiger partial charge in [0.05, 0.1) is 0 Å². The second-order valence-corrected chi connectivity index (χ2v) is 5.67. The van der Waals surface area contributed by atoms with E-state index in [1.807, 2.05) is 5.83 Å². The maximum atomic E-state index is 2.94. The van der Waals surface area contributed by atoms with Gasteiger partial charge in [0.25, 0.3) is 0 Å². The monoisotopic (exact) mass is 351 g/mol. The molecule has 20 heavy (non-hydrogen) atoms. The first-order chi connectivity index (χ1) is 9.81. The van der Waals surface area contributed by atoms with Crippen LogP contribution in [0.3, 0.4) is 0 Å². The average molecular weight is 352 g/mol. The predicted octanol–water partition coefficient (Wildman–Crippen LogP) is 3.22. The van der Waals surface area contributed by atoms with Crippen LogP contribution in [0.2, 0.25) is 0 Å². The lowest BCUT2D eigenvalue weighted by Gasteiger charge is -2.35. The van der Waals surface area contributed by atoms with Crippen molar-refractivity contribution in [2.75, 3.05) is 18.9 Å². The van der Waals surface area contributed by atoms with E-state index >= 15 is 0 Å². The Morgan fingerprint density at radius 1 is 1.10 bits per heavy atom. The molecular weight excluding hydrogens is 331 g/mol. The van der Waals surface area contributed by atoms with Crippen LogP contribution in [0.15, 0.2) is 54.9 Å². The van der Waals surface area contributed by atoms with Crippen LogP contribution in [0.1, 0.15) is 17.0 Å². The van der Waals surface area contributed by atoms with Crippen LogP contribution in [-0.2, 0) is 6.54 Å². The van der Waals surface area contributed by atoms with E-state index in [-0.39, 0.29) is 0 Å². The second-order valence-electron chi connectivity index (χ2n) is 4.94. The first-order valence-corrected chi connectivity index (χ1v) is 8.82. The molecule has 1 fully saturated rings. The number of aromatic nitrogens is 1. The maximum absolute atomic E-state index is 2.94. The topological polar surface area (TPSA) is 7.12 Å². The molecule has 1 aliphatic heterocycles. The molecule has 3 rings (SSSR count). The largest absolute Gasteiger partial charge is 0.286 e. The quantitative estimate of drug-likeness (QED) is 0.467. The average Bonchev–Trinajstić information content (AvgIpc) is 2.48. The summed E-state index contributed by atoms with van der Waals surface area (Å²) in [5.41, 5.74) is 2.80. The third kappa shape index (κ3) is 4.12. The molecule has 1 aliphatic rings. The van der Waals surface area contributed by atoms with E-state index in [4.69, 9.17) is 0 Å². The molecule has 0 bridgehead atoms. The van der Waals surface area contributed by atoms with Crippen molar-refractivity contribution >= 4 is 25.3 Å². The van der Waals surface area contributed by atoms with E-state index in [2.05, 4.69) is 89.4 Å². The number of benzene rings is 1. The van der Waals surface area contributed by atoms with Crippen LogP contribution >= 0.6 is 25.3 Å². The fourth-order valence-corrected chi connectivity index (χ4v) is 2.87. The lowest BCUT2D eigenvalue weighted by Crippen LogP contribution is -2.39. The summed E-state index contributed by atoms with van der Waals surface area (Å²) in [5, 5.41) is 0. The number of pyridine rings is 1. The summed E-state index contributed by atoms with van der Waals surface area (Å²) in [7, 11) is 2.76. The highest BCUT2D eigenvalue weighted by atomic mass is 79.9. The van der Waals surface area contributed by atoms with E-state index in [0.717, 1.165) is 19.6 Å². The van der Waals surface area contributed by atoms with Gasteiger partial charge in [0.2, 0.25) is 0 Å². The minimum absolute atomic E-state index is 0.717. The van der Waals surface area contributed by atoms with Crippen molar-refractivity contribution in [3.05, 3.63) is 66.0 Å². The Balaban J connectivity index is 0.000000704. The van der Waals surface area contributed by atoms with Crippen molar-refractivity contribution in [1.29, 1.82) is 0 Å². The molecule has 0 amide bonds. The first kappa shape index (κ1) is 15.6. The second kappa shape index (κ2) is 7.87. The minimum Gasteiger partial charge on any atom is -0.286 e. The number of halogens is 1. The van der Waals surface area contributed by atoms with Crippen LogP contribution in [0.4, 0.5) is 0 Å². The highest BCUT2D eigenvalue weighted by Gasteiger charge is 2.25. The summed E-state index contributed by atoms with van der Waals surface area (Å²) >= 11 is 2.94. The Morgan fingerprint density at radius 3 is 2.25 bits per heavy atom. The molecule has 4 heteroatoms. The van der Waals surface area contributed by atoms with E-state index in [1.54, 1.807) is 0 Å². The Morgan fingerprint density at radius 2 is 1.70 bits per heavy atom. The Labute approximate surface area is 132 Å². The standard InChI is InChI=1S/C15H18N2P.CH3Br/c18-17-11-15(12-17)14-6-8-16(9-7-14)10-13-4-2-1-3-5-13;1-2/h1-9,15H,10-12,18H2;1H3/q+1;. The van der Waals surface area contributed by atoms with E-state index in [9.17, 15) is 0 Å². The van der Waals surface area contributed by atoms with E-state index < -0.39 is 0 Å². The van der Waals surface area contributed by atoms with Crippen molar-refractivity contribution in [2.24, 2.45) is 0 Å². The molecule has 1 unspecified atom stereocenters. The van der Waals surface area contributed by atoms with Crippen LogP contribution in [0.25, 0.3) is 0 Å². The van der Waals surface area contributed by atoms with Gasteiger partial charge in [-0.05, 0) is 11.4 Å². The molecule has 1 saturated heterocycles. The highest BCUT2D eigenvalue weighted by Crippen LogP contribution is 2.28. The van der Waals surface area contributed by atoms with Gasteiger partial charge in [-0.1, -0.05) is 55.7 Å². The van der Waals surface area contributed by atoms with Crippen LogP contribution in [-0.4, -0.2) is 23.6 Å². The summed E-state index contributed by atoms with van der Waals surface area (Å²) in [6.07, 6.45) is 4.38. The van der Waals surface area contributed by atoms with Crippen molar-refractivity contribution in [3.63, 3.8) is 0 Å². The zero-order chi connectivity index (χ0) is 14.4. The van der Waals surface area contributed by atoms with E-state index in [1.165, 1.54) is 11.1 Å². The number of hydrogen-bond donors (Lipinski definition) is 0. The number of hydrogen-bond acceptors (Lipinski definition) is 1. The lowest BCUT2D eigenvalue weighted by molar-refractivity contribution is -0.688. The summed E-state index contributed by atoms with van der Waals surface area (Å²) in [4.78, 5) is 0. The Bertz CT molecular complexity index is 510. The van der Waals surface area contributed by atoms with Gasteiger partial charge in [-0.3, -0.25) is 4.67 Å². The highest BCUT2D eigenvalue weighted by molar-refractivity contribution is 9.08. The molecule has 1 atom stereocenters. The fraction of sp³-hybridized carbons (Fsp3) is 0.312. The SMILES string of the molecule is CBr.PN1CC(c2cc[n+](Cc3ccccc3)cc2)C1. The van der Waals surface area contributed by atoms with Gasteiger partial charge in [0.15, 0.2) is 18.9 Å². The lowest BCUT2D eigenvalue weighted by atomic mass is 9.95. The summed E-state index contributed by atoms with van der Waals surface area (Å²) < 4.78 is 4.51. The maximum Gasteiger partial charge on any atom is 0.173 e. The zero-order valence-corrected chi connectivity index (χ0v) is 14.5. The number of nitrogens with zero attached hydrogens (tertiary/aromatic N) is 2. The van der Waals surface area contributed by atoms with Crippen molar-refractivity contribution in [3.8, 4) is 0 Å². The summed E-state index contributed by atoms with van der Waals surface area (Å²) in [6, 6.07) is 15.1. The minimum atomic E-state index is 0.717. The van der Waals surface area contributed by atoms with Crippen molar-refractivity contribution in [2.45, 2.75) is 12.5 Å². The normalized spacial score (nSPS) is 15.2. The van der Waals surface area contributed by atoms with Gasteiger partial charge in [0.1, 0.15) is 0 Å². The Kier molecular flexibility index (Phi) is 6.15. The third-order valence-corrected chi connectivity index (χ3v) is 3.93. The molecule has 1 aromatic heterocycles. The Hall–Kier alpha value is -0.760. The summed E-state index contributed by atoms with van der Waals surface area (Å²) in [5.74, 6) is 2.53. The molecule has 0 radical (unpaired) electrons. The molecular formula is C16H21BrN2P+. The first-order valence-electron chi connectivity index (χ1n) is 6.71. The van der Waals surface area contributed by atoms with E-state index in [0.29, 0.717) is 5.92 Å². The van der Waals surface area contributed by atoms with Gasteiger partial charge in [-0.25, -0.2) is 4.57 Å². The zero-order valence-electron chi connectivity index (χ0n) is 11.7. The molecule has 106 valence electrons. The molecule has 0 saturated carbocycles. The molecule has 2 heterocycles. The smallest absolute Gasteiger partial charge is 0.173 e. The van der Waals surface area contributed by atoms with Gasteiger partial charge in [-0.15, -0.1) is 0 Å². The summed E-state index contributed by atoms with van der Waals surface area (Å²) in [6.45, 7) is 3.27. The molecule has 2 aromatic rings. The molecule has 0 aliphatic carbocycles. The van der Waals surface area contributed by atoms with Gasteiger partial charge < -0.3 is 0 Å². The fourth-order valence-electron chi connectivity index (χ4n) is 2.36. The molecule has 1 aromatic carbocycles. The van der Waals surface area contributed by atoms with Crippen LogP contribution in [0, 0.1) is 0 Å². The van der Waals surface area contributed by atoms with Gasteiger partial charge >= 0.3 is 0 Å². The molecule has 0 spiro atoms. The number of rotatable bonds is 3. The van der Waals surface area contributed by atoms with Crippen molar-refractivity contribution in [1.82, 2.24) is 4.67 Å². The molecule has 0 N–H and O–H groups in total. The van der Waals surface area contributed by atoms with Crippen LogP contribution < -0.4 is 4.57 Å².